The first-order valence-electron chi connectivity index (χ1n) is 6.45. The normalized spacial score (nSPS) is 21.2. The van der Waals surface area contributed by atoms with E-state index >= 15 is 0 Å². The molecule has 104 valence electrons. The first-order valence-corrected chi connectivity index (χ1v) is 6.45. The third-order valence-electron chi connectivity index (χ3n) is 3.54. The largest absolute Gasteiger partial charge is 0.485 e. The molecule has 1 heterocycles. The minimum absolute atomic E-state index is 0.135. The number of aryl methyl sites for hydroxylation is 1. The molecule has 2 atom stereocenters. The Morgan fingerprint density at radius 3 is 2.70 bits per heavy atom. The summed E-state index contributed by atoms with van der Waals surface area (Å²) in [5, 5.41) is 10.2. The second kappa shape index (κ2) is 4.87. The van der Waals surface area contributed by atoms with Gasteiger partial charge in [0.15, 0.2) is 0 Å². The Morgan fingerprint density at radius 2 is 1.90 bits per heavy atom. The van der Waals surface area contributed by atoms with Crippen LogP contribution in [0.15, 0.2) is 36.4 Å². The predicted molar refractivity (Wildman–Crippen MR) is 70.5 cm³/mol. The Morgan fingerprint density at radius 1 is 1.10 bits per heavy atom. The summed E-state index contributed by atoms with van der Waals surface area (Å²) < 4.78 is 32.8. The van der Waals surface area contributed by atoms with Crippen molar-refractivity contribution in [2.24, 2.45) is 0 Å². The van der Waals surface area contributed by atoms with Crippen LogP contribution in [0.5, 0.6) is 5.75 Å². The zero-order valence-electron chi connectivity index (χ0n) is 10.9. The summed E-state index contributed by atoms with van der Waals surface area (Å²) in [5.41, 5.74) is 1.84. The molecule has 2 aromatic rings. The van der Waals surface area contributed by atoms with E-state index in [0.29, 0.717) is 11.3 Å². The quantitative estimate of drug-likeness (QED) is 0.857. The van der Waals surface area contributed by atoms with Crippen LogP contribution in [-0.2, 0) is 0 Å². The van der Waals surface area contributed by atoms with Crippen LogP contribution in [0, 0.1) is 18.6 Å². The monoisotopic (exact) mass is 276 g/mol. The van der Waals surface area contributed by atoms with Crippen LogP contribution in [0.1, 0.15) is 35.3 Å². The average molecular weight is 276 g/mol. The number of aliphatic hydroxyl groups is 1. The molecule has 0 bridgehead atoms. The first-order chi connectivity index (χ1) is 9.54. The Bertz CT molecular complexity index is 655. The summed E-state index contributed by atoms with van der Waals surface area (Å²) >= 11 is 0. The van der Waals surface area contributed by atoms with Gasteiger partial charge in [0, 0.05) is 17.5 Å². The molecule has 1 unspecified atom stereocenters. The van der Waals surface area contributed by atoms with Crippen LogP contribution in [-0.4, -0.2) is 5.11 Å². The first kappa shape index (κ1) is 13.1. The lowest BCUT2D eigenvalue weighted by atomic mass is 9.94. The van der Waals surface area contributed by atoms with E-state index in [0.717, 1.165) is 23.8 Å². The van der Waals surface area contributed by atoms with E-state index in [1.165, 1.54) is 0 Å². The van der Waals surface area contributed by atoms with E-state index in [4.69, 9.17) is 4.74 Å². The highest BCUT2D eigenvalue weighted by Crippen LogP contribution is 2.41. The summed E-state index contributed by atoms with van der Waals surface area (Å²) in [7, 11) is 0. The van der Waals surface area contributed by atoms with Gasteiger partial charge in [-0.05, 0) is 37.3 Å². The van der Waals surface area contributed by atoms with Gasteiger partial charge in [0.25, 0.3) is 0 Å². The lowest BCUT2D eigenvalue weighted by molar-refractivity contribution is 0.0638. The standard InChI is InChI=1S/C16H14F2O2/c1-9-2-5-15-12(6-9)14(19)8-16(20-15)11-7-10(17)3-4-13(11)18/h2-7,14,16,19H,8H2,1H3/t14-,16?/m0/s1. The van der Waals surface area contributed by atoms with Crippen LogP contribution in [0.3, 0.4) is 0 Å². The Kier molecular flexibility index (Phi) is 3.18. The summed E-state index contributed by atoms with van der Waals surface area (Å²) in [6.45, 7) is 1.92. The Balaban J connectivity index is 1.99. The number of hydrogen-bond donors (Lipinski definition) is 1. The van der Waals surface area contributed by atoms with Gasteiger partial charge in [0.05, 0.1) is 6.10 Å². The molecule has 0 fully saturated rings. The number of rotatable bonds is 1. The average Bonchev–Trinajstić information content (AvgIpc) is 2.42. The summed E-state index contributed by atoms with van der Waals surface area (Å²) in [4.78, 5) is 0. The summed E-state index contributed by atoms with van der Waals surface area (Å²) in [6, 6.07) is 8.71. The zero-order valence-corrected chi connectivity index (χ0v) is 10.9. The molecule has 0 saturated heterocycles. The molecule has 0 saturated carbocycles. The zero-order chi connectivity index (χ0) is 14.3. The van der Waals surface area contributed by atoms with E-state index in [2.05, 4.69) is 0 Å². The molecular weight excluding hydrogens is 262 g/mol. The van der Waals surface area contributed by atoms with Gasteiger partial charge in [-0.3, -0.25) is 0 Å². The molecular formula is C16H14F2O2. The minimum atomic E-state index is -0.744. The lowest BCUT2D eigenvalue weighted by Crippen LogP contribution is -2.20. The number of benzene rings is 2. The molecule has 1 aliphatic heterocycles. The van der Waals surface area contributed by atoms with Crippen LogP contribution in [0.2, 0.25) is 0 Å². The van der Waals surface area contributed by atoms with Crippen LogP contribution in [0.4, 0.5) is 8.78 Å². The molecule has 0 spiro atoms. The van der Waals surface area contributed by atoms with Crippen molar-refractivity contribution in [3.05, 3.63) is 64.7 Å². The second-order valence-corrected chi connectivity index (χ2v) is 5.07. The highest BCUT2D eigenvalue weighted by molar-refractivity contribution is 5.41. The number of ether oxygens (including phenoxy) is 1. The molecule has 0 aromatic heterocycles. The van der Waals surface area contributed by atoms with Crippen LogP contribution >= 0.6 is 0 Å². The van der Waals surface area contributed by atoms with Crippen molar-refractivity contribution < 1.29 is 18.6 Å². The molecule has 4 heteroatoms. The van der Waals surface area contributed by atoms with Crippen molar-refractivity contribution in [1.29, 1.82) is 0 Å². The summed E-state index contributed by atoms with van der Waals surface area (Å²) in [5.74, 6) is -0.531. The van der Waals surface area contributed by atoms with Crippen LogP contribution < -0.4 is 4.74 Å². The second-order valence-electron chi connectivity index (χ2n) is 5.07. The van der Waals surface area contributed by atoms with Crippen molar-refractivity contribution in [2.75, 3.05) is 0 Å². The fraction of sp³-hybridized carbons (Fsp3) is 0.250. The van der Waals surface area contributed by atoms with Crippen molar-refractivity contribution in [2.45, 2.75) is 25.6 Å². The maximum absolute atomic E-state index is 13.8. The minimum Gasteiger partial charge on any atom is -0.485 e. The van der Waals surface area contributed by atoms with E-state index < -0.39 is 23.8 Å². The molecule has 0 aliphatic carbocycles. The van der Waals surface area contributed by atoms with E-state index in [9.17, 15) is 13.9 Å². The highest BCUT2D eigenvalue weighted by atomic mass is 19.1. The molecule has 0 radical (unpaired) electrons. The number of aliphatic hydroxyl groups excluding tert-OH is 1. The molecule has 1 N–H and O–H groups in total. The fourth-order valence-electron chi connectivity index (χ4n) is 2.52. The van der Waals surface area contributed by atoms with Crippen molar-refractivity contribution in [1.82, 2.24) is 0 Å². The van der Waals surface area contributed by atoms with Gasteiger partial charge in [-0.1, -0.05) is 11.6 Å². The summed E-state index contributed by atoms with van der Waals surface area (Å²) in [6.07, 6.45) is -1.22. The maximum Gasteiger partial charge on any atom is 0.130 e. The highest BCUT2D eigenvalue weighted by Gasteiger charge is 2.29. The van der Waals surface area contributed by atoms with Gasteiger partial charge in [-0.2, -0.15) is 0 Å². The van der Waals surface area contributed by atoms with Gasteiger partial charge in [-0.25, -0.2) is 8.78 Å². The van der Waals surface area contributed by atoms with E-state index in [-0.39, 0.29) is 12.0 Å². The van der Waals surface area contributed by atoms with Crippen molar-refractivity contribution in [3.8, 4) is 5.75 Å². The molecule has 1 aliphatic rings. The van der Waals surface area contributed by atoms with E-state index in [1.807, 2.05) is 19.1 Å². The topological polar surface area (TPSA) is 29.5 Å². The molecule has 2 nitrogen and oxygen atoms in total. The molecule has 2 aromatic carbocycles. The van der Waals surface area contributed by atoms with Crippen molar-refractivity contribution >= 4 is 0 Å². The maximum atomic E-state index is 13.8. The predicted octanol–water partition coefficient (Wildman–Crippen LogP) is 3.83. The number of hydrogen-bond acceptors (Lipinski definition) is 2. The smallest absolute Gasteiger partial charge is 0.130 e. The SMILES string of the molecule is Cc1ccc2c(c1)[C@@H](O)CC(c1cc(F)ccc1F)O2. The Labute approximate surface area is 115 Å². The Hall–Kier alpha value is -1.94. The lowest BCUT2D eigenvalue weighted by Gasteiger charge is -2.30. The molecule has 3 rings (SSSR count). The number of halogens is 2. The molecule has 0 amide bonds. The van der Waals surface area contributed by atoms with Crippen LogP contribution in [0.25, 0.3) is 0 Å². The molecule has 20 heavy (non-hydrogen) atoms. The number of fused-ring (bicyclic) bond motifs is 1. The van der Waals surface area contributed by atoms with E-state index in [1.54, 1.807) is 6.07 Å². The third-order valence-corrected chi connectivity index (χ3v) is 3.54. The van der Waals surface area contributed by atoms with Gasteiger partial charge in [-0.15, -0.1) is 0 Å². The van der Waals surface area contributed by atoms with Gasteiger partial charge >= 0.3 is 0 Å². The third kappa shape index (κ3) is 2.27. The van der Waals surface area contributed by atoms with Crippen molar-refractivity contribution in [3.63, 3.8) is 0 Å². The van der Waals surface area contributed by atoms with Gasteiger partial charge in [0.1, 0.15) is 23.5 Å². The van der Waals surface area contributed by atoms with Gasteiger partial charge < -0.3 is 9.84 Å². The fourth-order valence-corrected chi connectivity index (χ4v) is 2.52. The van der Waals surface area contributed by atoms with Gasteiger partial charge in [0.2, 0.25) is 0 Å².